The minimum absolute atomic E-state index is 0.578. The Labute approximate surface area is 187 Å². The molecule has 0 amide bonds. The molecule has 0 saturated carbocycles. The van der Waals surface area contributed by atoms with Gasteiger partial charge in [-0.25, -0.2) is 0 Å². The first-order valence-electron chi connectivity index (χ1n) is 11.0. The third-order valence-electron chi connectivity index (χ3n) is 6.10. The van der Waals surface area contributed by atoms with Crippen LogP contribution in [0, 0.1) is 0 Å². The predicted octanol–water partition coefficient (Wildman–Crippen LogP) is 7.37. The molecule has 0 saturated heterocycles. The van der Waals surface area contributed by atoms with Gasteiger partial charge in [0.25, 0.3) is 0 Å². The molecule has 0 atom stereocenters. The summed E-state index contributed by atoms with van der Waals surface area (Å²) in [5.74, 6) is 0.888. The summed E-state index contributed by atoms with van der Waals surface area (Å²) < 4.78 is 8.37. The maximum absolute atomic E-state index is 5.99. The van der Waals surface area contributed by atoms with E-state index in [1.54, 1.807) is 0 Å². The summed E-state index contributed by atoms with van der Waals surface area (Å²) >= 11 is 0. The van der Waals surface area contributed by atoms with Gasteiger partial charge in [0.05, 0.1) is 5.52 Å². The molecule has 2 heteroatoms. The molecule has 3 aromatic carbocycles. The molecule has 0 spiro atoms. The molecule has 6 aromatic rings. The summed E-state index contributed by atoms with van der Waals surface area (Å²) in [6.07, 6.45) is 0.924. The lowest BCUT2D eigenvalue weighted by molar-refractivity contribution is 0.306. The molecule has 0 fully saturated rings. The SMILES string of the molecule is c1ccc(COc2ccc(-c3cc4cccc5cc(Cc6ccccc6)c3n54)cc2)cc1. The normalized spacial score (nSPS) is 11.4. The zero-order valence-electron chi connectivity index (χ0n) is 17.7. The molecule has 32 heavy (non-hydrogen) atoms. The Hall–Kier alpha value is -4.04. The van der Waals surface area contributed by atoms with E-state index in [1.165, 1.54) is 44.4 Å². The van der Waals surface area contributed by atoms with E-state index in [9.17, 15) is 0 Å². The Morgan fingerprint density at radius 3 is 1.97 bits per heavy atom. The largest absolute Gasteiger partial charge is 0.489 e. The van der Waals surface area contributed by atoms with Crippen LogP contribution in [0.5, 0.6) is 5.75 Å². The van der Waals surface area contributed by atoms with Gasteiger partial charge >= 0.3 is 0 Å². The van der Waals surface area contributed by atoms with E-state index in [0.717, 1.165) is 12.2 Å². The number of nitrogens with zero attached hydrogens (tertiary/aromatic N) is 1. The first-order chi connectivity index (χ1) is 15.8. The molecule has 0 bridgehead atoms. The van der Waals surface area contributed by atoms with Crippen LogP contribution in [0.1, 0.15) is 16.7 Å². The quantitative estimate of drug-likeness (QED) is 0.278. The van der Waals surface area contributed by atoms with Crippen molar-refractivity contribution in [2.45, 2.75) is 13.0 Å². The van der Waals surface area contributed by atoms with Gasteiger partial charge < -0.3 is 9.14 Å². The third kappa shape index (κ3) is 3.40. The van der Waals surface area contributed by atoms with Crippen molar-refractivity contribution in [3.63, 3.8) is 0 Å². The summed E-state index contributed by atoms with van der Waals surface area (Å²) in [6.45, 7) is 0.578. The Balaban J connectivity index is 1.36. The van der Waals surface area contributed by atoms with Crippen LogP contribution in [0.25, 0.3) is 27.7 Å². The molecule has 0 N–H and O–H groups in total. The second-order valence-corrected chi connectivity index (χ2v) is 8.25. The molecule has 0 aliphatic rings. The Kier molecular flexibility index (Phi) is 4.62. The summed E-state index contributed by atoms with van der Waals surface area (Å²) in [6, 6.07) is 40.6. The minimum Gasteiger partial charge on any atom is -0.489 e. The van der Waals surface area contributed by atoms with Crippen molar-refractivity contribution in [3.8, 4) is 16.9 Å². The first kappa shape index (κ1) is 18.7. The van der Waals surface area contributed by atoms with E-state index in [0.29, 0.717) is 6.61 Å². The highest BCUT2D eigenvalue weighted by atomic mass is 16.5. The van der Waals surface area contributed by atoms with E-state index in [-0.39, 0.29) is 0 Å². The van der Waals surface area contributed by atoms with E-state index in [2.05, 4.69) is 101 Å². The number of benzene rings is 3. The molecule has 0 aliphatic heterocycles. The van der Waals surface area contributed by atoms with Crippen molar-refractivity contribution in [3.05, 3.63) is 132 Å². The van der Waals surface area contributed by atoms with E-state index in [1.807, 2.05) is 18.2 Å². The molecule has 0 aliphatic carbocycles. The van der Waals surface area contributed by atoms with E-state index >= 15 is 0 Å². The third-order valence-corrected chi connectivity index (χ3v) is 6.10. The van der Waals surface area contributed by atoms with Crippen LogP contribution >= 0.6 is 0 Å². The fourth-order valence-electron chi connectivity index (χ4n) is 4.57. The summed E-state index contributed by atoms with van der Waals surface area (Å²) in [4.78, 5) is 0. The minimum atomic E-state index is 0.578. The van der Waals surface area contributed by atoms with Crippen molar-refractivity contribution >= 4 is 16.6 Å². The average Bonchev–Trinajstić information content (AvgIpc) is 3.42. The molecule has 0 radical (unpaired) electrons. The molecule has 3 heterocycles. The Morgan fingerprint density at radius 2 is 1.25 bits per heavy atom. The van der Waals surface area contributed by atoms with Crippen LogP contribution in [0.3, 0.4) is 0 Å². The second kappa shape index (κ2) is 7.90. The highest BCUT2D eigenvalue weighted by molar-refractivity contribution is 5.93. The van der Waals surface area contributed by atoms with Crippen molar-refractivity contribution in [1.29, 1.82) is 0 Å². The predicted molar refractivity (Wildman–Crippen MR) is 132 cm³/mol. The molecule has 6 rings (SSSR count). The number of rotatable bonds is 6. The highest BCUT2D eigenvalue weighted by Crippen LogP contribution is 2.36. The zero-order chi connectivity index (χ0) is 21.3. The lowest BCUT2D eigenvalue weighted by Gasteiger charge is -2.08. The van der Waals surface area contributed by atoms with Crippen molar-refractivity contribution in [2.24, 2.45) is 0 Å². The van der Waals surface area contributed by atoms with Gasteiger partial charge in [0.2, 0.25) is 0 Å². The van der Waals surface area contributed by atoms with Crippen molar-refractivity contribution < 1.29 is 4.74 Å². The van der Waals surface area contributed by atoms with Gasteiger partial charge in [-0.2, -0.15) is 0 Å². The topological polar surface area (TPSA) is 13.6 Å². The fourth-order valence-corrected chi connectivity index (χ4v) is 4.57. The number of hydrogen-bond acceptors (Lipinski definition) is 1. The summed E-state index contributed by atoms with van der Waals surface area (Å²) in [5, 5.41) is 0. The summed E-state index contributed by atoms with van der Waals surface area (Å²) in [5.41, 5.74) is 10.1. The fraction of sp³-hybridized carbons (Fsp3) is 0.0667. The van der Waals surface area contributed by atoms with Gasteiger partial charge in [0, 0.05) is 16.6 Å². The van der Waals surface area contributed by atoms with Crippen molar-refractivity contribution in [1.82, 2.24) is 4.40 Å². The smallest absolute Gasteiger partial charge is 0.119 e. The lowest BCUT2D eigenvalue weighted by Crippen LogP contribution is -1.94. The standard InChI is InChI=1S/C30H23NO/c1-3-8-22(9-4-1)18-25-19-26-12-7-13-27-20-29(30(25)31(26)27)24-14-16-28(17-15-24)32-21-23-10-5-2-6-11-23/h1-17,19-20H,18,21H2. The molecule has 3 aromatic heterocycles. The number of hydrogen-bond donors (Lipinski definition) is 0. The van der Waals surface area contributed by atoms with Gasteiger partial charge in [-0.05, 0) is 65.1 Å². The second-order valence-electron chi connectivity index (χ2n) is 8.25. The molecular formula is C30H23NO. The van der Waals surface area contributed by atoms with Gasteiger partial charge in [-0.3, -0.25) is 0 Å². The maximum Gasteiger partial charge on any atom is 0.119 e. The first-order valence-corrected chi connectivity index (χ1v) is 11.0. The van der Waals surface area contributed by atoms with Crippen LogP contribution in [0.4, 0.5) is 0 Å². The number of aromatic nitrogens is 1. The number of pyridine rings is 1. The van der Waals surface area contributed by atoms with Crippen LogP contribution < -0.4 is 4.74 Å². The number of ether oxygens (including phenoxy) is 1. The molecule has 2 nitrogen and oxygen atoms in total. The van der Waals surface area contributed by atoms with Gasteiger partial charge in [0.15, 0.2) is 0 Å². The van der Waals surface area contributed by atoms with Crippen LogP contribution in [0.2, 0.25) is 0 Å². The van der Waals surface area contributed by atoms with Crippen molar-refractivity contribution in [2.75, 3.05) is 0 Å². The maximum atomic E-state index is 5.99. The van der Waals surface area contributed by atoms with Crippen LogP contribution in [-0.2, 0) is 13.0 Å². The Bertz CT molecular complexity index is 1460. The van der Waals surface area contributed by atoms with Gasteiger partial charge in [-0.1, -0.05) is 78.9 Å². The lowest BCUT2D eigenvalue weighted by atomic mass is 10.0. The average molecular weight is 414 g/mol. The van der Waals surface area contributed by atoms with Gasteiger partial charge in [-0.15, -0.1) is 0 Å². The monoisotopic (exact) mass is 413 g/mol. The molecule has 154 valence electrons. The van der Waals surface area contributed by atoms with E-state index < -0.39 is 0 Å². The van der Waals surface area contributed by atoms with Gasteiger partial charge in [0.1, 0.15) is 12.4 Å². The molecule has 0 unspecified atom stereocenters. The van der Waals surface area contributed by atoms with E-state index in [4.69, 9.17) is 4.74 Å². The zero-order valence-corrected chi connectivity index (χ0v) is 17.7. The molecular weight excluding hydrogens is 390 g/mol. The van der Waals surface area contributed by atoms with Crippen LogP contribution in [-0.4, -0.2) is 4.40 Å². The Morgan fingerprint density at radius 1 is 0.594 bits per heavy atom. The summed E-state index contributed by atoms with van der Waals surface area (Å²) in [7, 11) is 0. The van der Waals surface area contributed by atoms with Crippen LogP contribution in [0.15, 0.2) is 115 Å². The highest BCUT2D eigenvalue weighted by Gasteiger charge is 2.16.